The highest BCUT2D eigenvalue weighted by molar-refractivity contribution is 5.95. The van der Waals surface area contributed by atoms with E-state index in [1.54, 1.807) is 0 Å². The summed E-state index contributed by atoms with van der Waals surface area (Å²) in [6.07, 6.45) is 9.11. The molecule has 0 unspecified atom stereocenters. The summed E-state index contributed by atoms with van der Waals surface area (Å²) >= 11 is 0. The molecule has 8 atom stereocenters. The summed E-state index contributed by atoms with van der Waals surface area (Å²) in [5.74, 6) is 2.14. The molecular formula is C20H29NO3. The van der Waals surface area contributed by atoms with Gasteiger partial charge in [-0.15, -0.1) is 0 Å². The molecular weight excluding hydrogens is 302 g/mol. The second kappa shape index (κ2) is 4.85. The molecule has 0 amide bonds. The number of rotatable bonds is 0. The van der Waals surface area contributed by atoms with Crippen LogP contribution in [-0.2, 0) is 4.84 Å². The predicted molar refractivity (Wildman–Crippen MR) is 91.1 cm³/mol. The first-order valence-electron chi connectivity index (χ1n) is 9.73. The van der Waals surface area contributed by atoms with E-state index in [1.807, 2.05) is 0 Å². The van der Waals surface area contributed by atoms with Crippen molar-refractivity contribution in [1.29, 1.82) is 0 Å². The number of hydrogen-bond donors (Lipinski definition) is 2. The third-order valence-corrected chi connectivity index (χ3v) is 8.51. The summed E-state index contributed by atoms with van der Waals surface area (Å²) < 4.78 is 0. The molecule has 3 fully saturated rings. The third kappa shape index (κ3) is 1.79. The van der Waals surface area contributed by atoms with Crippen molar-refractivity contribution in [3.05, 3.63) is 11.6 Å². The quantitative estimate of drug-likeness (QED) is 0.670. The first-order chi connectivity index (χ1) is 11.4. The lowest BCUT2D eigenvalue weighted by atomic mass is 9.48. The van der Waals surface area contributed by atoms with E-state index in [0.29, 0.717) is 11.8 Å². The van der Waals surface area contributed by atoms with Crippen LogP contribution in [0.5, 0.6) is 0 Å². The predicted octanol–water partition coefficient (Wildman–Crippen LogP) is 3.24. The van der Waals surface area contributed by atoms with E-state index in [2.05, 4.69) is 25.1 Å². The fraction of sp³-hybridized carbons (Fsp3) is 0.850. The van der Waals surface area contributed by atoms with Crippen LogP contribution in [0.15, 0.2) is 16.8 Å². The Morgan fingerprint density at radius 2 is 1.92 bits per heavy atom. The molecule has 24 heavy (non-hydrogen) atoms. The Hall–Kier alpha value is -0.870. The van der Waals surface area contributed by atoms with Crippen molar-refractivity contribution in [2.24, 2.45) is 39.7 Å². The van der Waals surface area contributed by atoms with Gasteiger partial charge in [-0.3, -0.25) is 0 Å². The second-order valence-corrected chi connectivity index (χ2v) is 9.43. The maximum absolute atomic E-state index is 10.1. The zero-order valence-electron chi connectivity index (χ0n) is 14.7. The summed E-state index contributed by atoms with van der Waals surface area (Å²) in [6, 6.07) is 0. The molecule has 0 radical (unpaired) electrons. The molecule has 0 saturated heterocycles. The Labute approximate surface area is 144 Å². The summed E-state index contributed by atoms with van der Waals surface area (Å²) in [4.78, 5) is 5.19. The van der Waals surface area contributed by atoms with Gasteiger partial charge in [-0.05, 0) is 68.1 Å². The highest BCUT2D eigenvalue weighted by Crippen LogP contribution is 2.65. The van der Waals surface area contributed by atoms with E-state index in [4.69, 9.17) is 4.84 Å². The molecule has 1 heterocycles. The van der Waals surface area contributed by atoms with E-state index in [9.17, 15) is 10.2 Å². The number of allylic oxidation sites excluding steroid dienone is 1. The van der Waals surface area contributed by atoms with Crippen LogP contribution >= 0.6 is 0 Å². The van der Waals surface area contributed by atoms with Crippen molar-refractivity contribution in [2.75, 3.05) is 0 Å². The fourth-order valence-electron chi connectivity index (χ4n) is 7.13. The zero-order chi connectivity index (χ0) is 16.7. The molecule has 4 heteroatoms. The van der Waals surface area contributed by atoms with E-state index < -0.39 is 6.29 Å². The Kier molecular flexibility index (Phi) is 3.11. The van der Waals surface area contributed by atoms with Crippen molar-refractivity contribution in [3.63, 3.8) is 0 Å². The van der Waals surface area contributed by atoms with Gasteiger partial charge < -0.3 is 15.1 Å². The lowest BCUT2D eigenvalue weighted by Gasteiger charge is -2.57. The number of oxime groups is 1. The topological polar surface area (TPSA) is 62.1 Å². The van der Waals surface area contributed by atoms with Gasteiger partial charge in [-0.1, -0.05) is 30.7 Å². The van der Waals surface area contributed by atoms with Gasteiger partial charge in [0.25, 0.3) is 0 Å². The molecule has 4 aliphatic carbocycles. The van der Waals surface area contributed by atoms with Crippen molar-refractivity contribution < 1.29 is 15.1 Å². The van der Waals surface area contributed by atoms with Crippen LogP contribution in [-0.4, -0.2) is 28.3 Å². The molecule has 1 aliphatic heterocycles. The maximum atomic E-state index is 10.1. The minimum Gasteiger partial charge on any atom is -0.393 e. The smallest absolute Gasteiger partial charge is 0.232 e. The molecule has 132 valence electrons. The lowest BCUT2D eigenvalue weighted by molar-refractivity contribution is -0.107. The first-order valence-corrected chi connectivity index (χ1v) is 9.73. The highest BCUT2D eigenvalue weighted by Gasteiger charge is 2.62. The molecule has 0 aromatic carbocycles. The van der Waals surface area contributed by atoms with Gasteiger partial charge in [-0.25, -0.2) is 0 Å². The van der Waals surface area contributed by atoms with Crippen LogP contribution in [0.25, 0.3) is 0 Å². The van der Waals surface area contributed by atoms with Gasteiger partial charge in [0, 0.05) is 5.41 Å². The molecule has 3 saturated carbocycles. The SMILES string of the molecule is C[C@]12CC[C@H](O)CC1=CC[C@@H]1[C@@H]2CC[C@]2(C)C3=NO[C@H](O)[C@H]3C[C@@H]12. The van der Waals surface area contributed by atoms with E-state index in [0.717, 1.165) is 50.2 Å². The Morgan fingerprint density at radius 1 is 1.12 bits per heavy atom. The molecule has 0 bridgehead atoms. The molecule has 0 aromatic heterocycles. The average molecular weight is 331 g/mol. The Bertz CT molecular complexity index is 628. The zero-order valence-corrected chi connectivity index (χ0v) is 14.7. The van der Waals surface area contributed by atoms with Gasteiger partial charge in [0.1, 0.15) is 0 Å². The molecule has 0 aromatic rings. The van der Waals surface area contributed by atoms with E-state index >= 15 is 0 Å². The minimum atomic E-state index is -0.726. The van der Waals surface area contributed by atoms with Gasteiger partial charge in [0.2, 0.25) is 6.29 Å². The molecule has 2 N–H and O–H groups in total. The van der Waals surface area contributed by atoms with Crippen LogP contribution in [0, 0.1) is 34.5 Å². The third-order valence-electron chi connectivity index (χ3n) is 8.51. The van der Waals surface area contributed by atoms with Crippen LogP contribution in [0.4, 0.5) is 0 Å². The average Bonchev–Trinajstić information content (AvgIpc) is 3.06. The number of fused-ring (bicyclic) bond motifs is 7. The van der Waals surface area contributed by atoms with Gasteiger partial charge in [0.15, 0.2) is 0 Å². The van der Waals surface area contributed by atoms with Crippen molar-refractivity contribution in [3.8, 4) is 0 Å². The van der Waals surface area contributed by atoms with Crippen molar-refractivity contribution >= 4 is 5.71 Å². The van der Waals surface area contributed by atoms with Gasteiger partial charge in [-0.2, -0.15) is 0 Å². The lowest BCUT2D eigenvalue weighted by Crippen LogP contribution is -2.50. The number of hydrogen-bond acceptors (Lipinski definition) is 4. The molecule has 4 nitrogen and oxygen atoms in total. The first kappa shape index (κ1) is 15.4. The summed E-state index contributed by atoms with van der Waals surface area (Å²) in [5, 5.41) is 24.5. The van der Waals surface area contributed by atoms with Gasteiger partial charge in [0.05, 0.1) is 17.7 Å². The summed E-state index contributed by atoms with van der Waals surface area (Å²) in [7, 11) is 0. The monoisotopic (exact) mass is 331 g/mol. The van der Waals surface area contributed by atoms with Crippen LogP contribution < -0.4 is 0 Å². The highest BCUT2D eigenvalue weighted by atomic mass is 16.7. The van der Waals surface area contributed by atoms with Crippen molar-refractivity contribution in [2.45, 2.75) is 71.2 Å². The van der Waals surface area contributed by atoms with E-state index in [-0.39, 0.29) is 22.9 Å². The Balaban J connectivity index is 1.51. The van der Waals surface area contributed by atoms with Crippen LogP contribution in [0.3, 0.4) is 0 Å². The number of aliphatic hydroxyl groups excluding tert-OH is 2. The maximum Gasteiger partial charge on any atom is 0.232 e. The van der Waals surface area contributed by atoms with Crippen LogP contribution in [0.2, 0.25) is 0 Å². The fourth-order valence-corrected chi connectivity index (χ4v) is 7.13. The molecule has 5 rings (SSSR count). The van der Waals surface area contributed by atoms with Gasteiger partial charge >= 0.3 is 0 Å². The number of nitrogens with zero attached hydrogens (tertiary/aromatic N) is 1. The van der Waals surface area contributed by atoms with Crippen LogP contribution in [0.1, 0.15) is 58.8 Å². The summed E-state index contributed by atoms with van der Waals surface area (Å²) in [6.45, 7) is 4.82. The molecule has 0 spiro atoms. The standard InChI is InChI=1S/C20H29NO3/c1-19-7-5-12(22)9-11(19)3-4-13-15(19)6-8-20(2)16(13)10-14-17(20)21-24-18(14)23/h3,12-16,18,22-23H,4-10H2,1-2H3/t12-,13+,14-,15-,16-,18-,19-,20-/m0/s1. The molecule has 5 aliphatic rings. The summed E-state index contributed by atoms with van der Waals surface area (Å²) in [5.41, 5.74) is 3.04. The van der Waals surface area contributed by atoms with Crippen molar-refractivity contribution in [1.82, 2.24) is 0 Å². The normalized spacial score (nSPS) is 55.5. The minimum absolute atomic E-state index is 0.110. The van der Waals surface area contributed by atoms with E-state index in [1.165, 1.54) is 12.0 Å². The number of aliphatic hydroxyl groups is 2. The largest absolute Gasteiger partial charge is 0.393 e. The Morgan fingerprint density at radius 3 is 2.75 bits per heavy atom. The second-order valence-electron chi connectivity index (χ2n) is 9.43.